The highest BCUT2D eigenvalue weighted by Crippen LogP contribution is 2.32. The van der Waals surface area contributed by atoms with Crippen molar-refractivity contribution < 1.29 is 9.90 Å². The van der Waals surface area contributed by atoms with Crippen molar-refractivity contribution in [2.24, 2.45) is 5.92 Å². The lowest BCUT2D eigenvalue weighted by Crippen LogP contribution is -2.12. The summed E-state index contributed by atoms with van der Waals surface area (Å²) in [6, 6.07) is 6.09. The van der Waals surface area contributed by atoms with Gasteiger partial charge in [-0.1, -0.05) is 123 Å². The minimum atomic E-state index is -0.0495. The van der Waals surface area contributed by atoms with Crippen LogP contribution in [0.25, 0.3) is 0 Å². The number of carbonyl (C=O) groups excluding carboxylic acids is 1. The third kappa shape index (κ3) is 13.3. The molecule has 2 nitrogen and oxygen atoms in total. The van der Waals surface area contributed by atoms with E-state index in [0.717, 1.165) is 31.1 Å². The lowest BCUT2D eigenvalue weighted by Gasteiger charge is -2.22. The van der Waals surface area contributed by atoms with E-state index in [2.05, 4.69) is 39.8 Å². The molecule has 0 saturated carbocycles. The largest absolute Gasteiger partial charge is 0.508 e. The monoisotopic (exact) mass is 444 g/mol. The molecule has 1 aromatic rings. The second kappa shape index (κ2) is 17.2. The van der Waals surface area contributed by atoms with Crippen molar-refractivity contribution in [1.82, 2.24) is 0 Å². The lowest BCUT2D eigenvalue weighted by atomic mass is 9.84. The van der Waals surface area contributed by atoms with Crippen LogP contribution in [0.3, 0.4) is 0 Å². The number of aromatic hydroxyl groups is 1. The molecule has 2 heteroatoms. The van der Waals surface area contributed by atoms with Crippen LogP contribution >= 0.6 is 0 Å². The van der Waals surface area contributed by atoms with Crippen LogP contribution in [0.2, 0.25) is 0 Å². The summed E-state index contributed by atoms with van der Waals surface area (Å²) in [7, 11) is 0. The fraction of sp³-hybridized carbons (Fsp3) is 0.767. The van der Waals surface area contributed by atoms with Crippen molar-refractivity contribution in [1.29, 1.82) is 0 Å². The molecule has 1 rings (SSSR count). The van der Waals surface area contributed by atoms with Gasteiger partial charge in [0, 0.05) is 6.42 Å². The summed E-state index contributed by atoms with van der Waals surface area (Å²) < 4.78 is 0. The minimum Gasteiger partial charge on any atom is -0.508 e. The predicted molar refractivity (Wildman–Crippen MR) is 140 cm³/mol. The maximum Gasteiger partial charge on any atom is 0.120 e. The van der Waals surface area contributed by atoms with E-state index in [1.807, 2.05) is 6.07 Å². The molecule has 1 aromatic carbocycles. The number of rotatable bonds is 19. The summed E-state index contributed by atoms with van der Waals surface area (Å²) in [5.41, 5.74) is 2.28. The number of phenols is 1. The molecule has 0 aromatic heterocycles. The van der Waals surface area contributed by atoms with Crippen LogP contribution in [0.4, 0.5) is 0 Å². The molecule has 0 aliphatic rings. The van der Waals surface area contributed by atoms with E-state index in [-0.39, 0.29) is 5.41 Å². The number of hydrogen-bond acceptors (Lipinski definition) is 2. The summed E-state index contributed by atoms with van der Waals surface area (Å²) in [5, 5.41) is 10.2. The number of aryl methyl sites for hydroxylation is 1. The molecule has 184 valence electrons. The minimum absolute atomic E-state index is 0.0495. The molecular formula is C30H52O2. The van der Waals surface area contributed by atoms with Gasteiger partial charge in [0.25, 0.3) is 0 Å². The van der Waals surface area contributed by atoms with Gasteiger partial charge in [0.15, 0.2) is 0 Å². The van der Waals surface area contributed by atoms with Crippen molar-refractivity contribution >= 4 is 6.29 Å². The Morgan fingerprint density at radius 2 is 1.38 bits per heavy atom. The molecule has 1 atom stereocenters. The highest BCUT2D eigenvalue weighted by molar-refractivity contribution is 5.49. The van der Waals surface area contributed by atoms with Crippen molar-refractivity contribution in [3.63, 3.8) is 0 Å². The van der Waals surface area contributed by atoms with Gasteiger partial charge in [-0.2, -0.15) is 0 Å². The number of aldehydes is 1. The second-order valence-electron chi connectivity index (χ2n) is 10.9. The number of hydrogen-bond donors (Lipinski definition) is 1. The predicted octanol–water partition coefficient (Wildman–Crippen LogP) is 9.31. The SMILES string of the molecule is CCCCCCCCCCCCCCC(CCC=O)CCc1ccc(O)c(C(C)(C)C)c1. The zero-order valence-corrected chi connectivity index (χ0v) is 21.8. The van der Waals surface area contributed by atoms with Crippen LogP contribution in [0, 0.1) is 5.92 Å². The molecule has 0 radical (unpaired) electrons. The molecule has 0 spiro atoms. The van der Waals surface area contributed by atoms with Crippen LogP contribution in [0.5, 0.6) is 5.75 Å². The Labute approximate surface area is 199 Å². The van der Waals surface area contributed by atoms with Gasteiger partial charge in [-0.15, -0.1) is 0 Å². The molecular weight excluding hydrogens is 392 g/mol. The van der Waals surface area contributed by atoms with Crippen LogP contribution in [0.1, 0.15) is 142 Å². The molecule has 0 fully saturated rings. The molecule has 1 unspecified atom stereocenters. The Hall–Kier alpha value is -1.31. The van der Waals surface area contributed by atoms with Gasteiger partial charge >= 0.3 is 0 Å². The van der Waals surface area contributed by atoms with Crippen molar-refractivity contribution in [3.8, 4) is 5.75 Å². The van der Waals surface area contributed by atoms with Gasteiger partial charge in [-0.3, -0.25) is 0 Å². The highest BCUT2D eigenvalue weighted by Gasteiger charge is 2.18. The number of benzene rings is 1. The molecule has 0 heterocycles. The number of phenolic OH excluding ortho intramolecular Hbond substituents is 1. The fourth-order valence-electron chi connectivity index (χ4n) is 4.72. The Balaban J connectivity index is 2.26. The summed E-state index contributed by atoms with van der Waals surface area (Å²) in [4.78, 5) is 10.9. The Kier molecular flexibility index (Phi) is 15.4. The van der Waals surface area contributed by atoms with E-state index >= 15 is 0 Å². The first-order chi connectivity index (χ1) is 15.4. The van der Waals surface area contributed by atoms with E-state index < -0.39 is 0 Å². The van der Waals surface area contributed by atoms with E-state index in [4.69, 9.17) is 0 Å². The number of carbonyl (C=O) groups is 1. The van der Waals surface area contributed by atoms with Crippen LogP contribution in [-0.2, 0) is 16.6 Å². The Morgan fingerprint density at radius 1 is 0.812 bits per heavy atom. The van der Waals surface area contributed by atoms with Gasteiger partial charge in [-0.25, -0.2) is 0 Å². The first kappa shape index (κ1) is 28.7. The molecule has 32 heavy (non-hydrogen) atoms. The molecule has 1 N–H and O–H groups in total. The summed E-state index contributed by atoms with van der Waals surface area (Å²) in [6.07, 6.45) is 22.8. The van der Waals surface area contributed by atoms with Crippen molar-refractivity contribution in [2.75, 3.05) is 0 Å². The lowest BCUT2D eigenvalue weighted by molar-refractivity contribution is -0.108. The standard InChI is InChI=1S/C30H52O2/c1-5-6-7-8-9-10-11-12-13-14-15-16-18-26(19-17-24-31)20-21-27-22-23-29(32)28(25-27)30(2,3)4/h22-26,32H,5-21H2,1-4H3. The second-order valence-corrected chi connectivity index (χ2v) is 10.9. The van der Waals surface area contributed by atoms with E-state index in [0.29, 0.717) is 18.1 Å². The number of unbranched alkanes of at least 4 members (excludes halogenated alkanes) is 11. The van der Waals surface area contributed by atoms with Crippen molar-refractivity contribution in [3.05, 3.63) is 29.3 Å². The zero-order valence-electron chi connectivity index (χ0n) is 21.8. The maximum atomic E-state index is 10.9. The molecule has 0 aliphatic heterocycles. The molecule has 0 saturated heterocycles. The first-order valence-corrected chi connectivity index (χ1v) is 13.6. The third-order valence-electron chi connectivity index (χ3n) is 6.87. The zero-order chi connectivity index (χ0) is 23.7. The van der Waals surface area contributed by atoms with Gasteiger partial charge in [0.2, 0.25) is 0 Å². The van der Waals surface area contributed by atoms with Crippen LogP contribution in [-0.4, -0.2) is 11.4 Å². The summed E-state index contributed by atoms with van der Waals surface area (Å²) in [5.74, 6) is 1.03. The van der Waals surface area contributed by atoms with Crippen molar-refractivity contribution in [2.45, 2.75) is 142 Å². The van der Waals surface area contributed by atoms with Gasteiger partial charge < -0.3 is 9.90 Å². The maximum absolute atomic E-state index is 10.9. The Morgan fingerprint density at radius 3 is 1.91 bits per heavy atom. The normalized spacial score (nSPS) is 12.8. The van der Waals surface area contributed by atoms with Crippen LogP contribution < -0.4 is 0 Å². The first-order valence-electron chi connectivity index (χ1n) is 13.6. The van der Waals surface area contributed by atoms with E-state index in [1.54, 1.807) is 0 Å². The molecule has 0 aliphatic carbocycles. The average Bonchev–Trinajstić information content (AvgIpc) is 2.76. The Bertz CT molecular complexity index is 599. The van der Waals surface area contributed by atoms with Gasteiger partial charge in [0.1, 0.15) is 12.0 Å². The fourth-order valence-corrected chi connectivity index (χ4v) is 4.72. The highest BCUT2D eigenvalue weighted by atomic mass is 16.3. The van der Waals surface area contributed by atoms with Gasteiger partial charge in [-0.05, 0) is 47.8 Å². The van der Waals surface area contributed by atoms with E-state index in [1.165, 1.54) is 89.0 Å². The smallest absolute Gasteiger partial charge is 0.120 e. The summed E-state index contributed by atoms with van der Waals surface area (Å²) in [6.45, 7) is 8.72. The molecule has 0 amide bonds. The van der Waals surface area contributed by atoms with Gasteiger partial charge in [0.05, 0.1) is 0 Å². The third-order valence-corrected chi connectivity index (χ3v) is 6.87. The molecule has 0 bridgehead atoms. The average molecular weight is 445 g/mol. The quantitative estimate of drug-likeness (QED) is 0.170. The van der Waals surface area contributed by atoms with E-state index in [9.17, 15) is 9.90 Å². The van der Waals surface area contributed by atoms with Crippen LogP contribution in [0.15, 0.2) is 18.2 Å². The topological polar surface area (TPSA) is 37.3 Å². The summed E-state index contributed by atoms with van der Waals surface area (Å²) >= 11 is 0.